The highest BCUT2D eigenvalue weighted by Gasteiger charge is 2.16. The molecule has 1 aliphatic rings. The molecule has 0 bridgehead atoms. The van der Waals surface area contributed by atoms with Gasteiger partial charge in [-0.05, 0) is 69.3 Å². The number of nitrogens with one attached hydrogen (secondary N) is 2. The molecule has 9 nitrogen and oxygen atoms in total. The van der Waals surface area contributed by atoms with Crippen LogP contribution in [0.3, 0.4) is 0 Å². The molecular formula is C29H28N8O. The Hall–Kier alpha value is -4.50. The maximum atomic E-state index is 6.02. The number of H-pyrrole nitrogens is 2. The minimum atomic E-state index is 0.657. The molecule has 38 heavy (non-hydrogen) atoms. The summed E-state index contributed by atoms with van der Waals surface area (Å²) in [7, 11) is 0. The molecule has 1 aromatic carbocycles. The van der Waals surface area contributed by atoms with Crippen LogP contribution < -0.4 is 4.74 Å². The molecule has 1 saturated heterocycles. The van der Waals surface area contributed by atoms with Crippen LogP contribution in [0.4, 0.5) is 0 Å². The highest BCUT2D eigenvalue weighted by atomic mass is 16.5. The summed E-state index contributed by atoms with van der Waals surface area (Å²) in [6, 6.07) is 14.3. The molecule has 0 saturated carbocycles. The highest BCUT2D eigenvalue weighted by Crippen LogP contribution is 2.32. The van der Waals surface area contributed by atoms with Crippen molar-refractivity contribution >= 4 is 21.9 Å². The van der Waals surface area contributed by atoms with E-state index in [-0.39, 0.29) is 0 Å². The first kappa shape index (κ1) is 22.7. The van der Waals surface area contributed by atoms with Crippen molar-refractivity contribution in [2.75, 3.05) is 26.2 Å². The van der Waals surface area contributed by atoms with E-state index in [9.17, 15) is 0 Å². The van der Waals surface area contributed by atoms with Crippen LogP contribution in [-0.4, -0.2) is 65.8 Å². The molecule has 0 atom stereocenters. The zero-order valence-electron chi connectivity index (χ0n) is 21.2. The second-order valence-corrected chi connectivity index (χ2v) is 9.82. The minimum absolute atomic E-state index is 0.657. The van der Waals surface area contributed by atoms with E-state index in [2.05, 4.69) is 48.2 Å². The van der Waals surface area contributed by atoms with Gasteiger partial charge in [-0.25, -0.2) is 9.97 Å². The van der Waals surface area contributed by atoms with Crippen molar-refractivity contribution in [1.29, 1.82) is 0 Å². The zero-order chi connectivity index (χ0) is 25.5. The first-order valence-corrected chi connectivity index (χ1v) is 13.0. The summed E-state index contributed by atoms with van der Waals surface area (Å²) >= 11 is 0. The van der Waals surface area contributed by atoms with Crippen LogP contribution in [0.2, 0.25) is 0 Å². The molecule has 9 heteroatoms. The molecule has 7 rings (SSSR count). The van der Waals surface area contributed by atoms with Gasteiger partial charge >= 0.3 is 0 Å². The lowest BCUT2D eigenvalue weighted by molar-refractivity contribution is 0.237. The second kappa shape index (κ2) is 9.42. The van der Waals surface area contributed by atoms with E-state index >= 15 is 0 Å². The van der Waals surface area contributed by atoms with Gasteiger partial charge in [0.25, 0.3) is 0 Å². The number of rotatable bonds is 7. The Morgan fingerprint density at radius 2 is 1.95 bits per heavy atom. The Morgan fingerprint density at radius 1 is 1.03 bits per heavy atom. The van der Waals surface area contributed by atoms with Crippen LogP contribution in [-0.2, 0) is 0 Å². The van der Waals surface area contributed by atoms with E-state index < -0.39 is 0 Å². The number of nitrogens with zero attached hydrogens (tertiary/aromatic N) is 6. The topological polar surface area (TPSA) is 101 Å². The van der Waals surface area contributed by atoms with Gasteiger partial charge in [0.05, 0.1) is 40.8 Å². The van der Waals surface area contributed by atoms with Gasteiger partial charge in [0.1, 0.15) is 23.6 Å². The number of hydrogen-bond donors (Lipinski definition) is 2. The highest BCUT2D eigenvalue weighted by molar-refractivity contribution is 5.97. The number of benzene rings is 1. The van der Waals surface area contributed by atoms with Crippen molar-refractivity contribution < 1.29 is 4.74 Å². The lowest BCUT2D eigenvalue weighted by Gasteiger charge is -2.15. The van der Waals surface area contributed by atoms with Crippen LogP contribution in [0.1, 0.15) is 18.5 Å². The molecule has 0 unspecified atom stereocenters. The second-order valence-electron chi connectivity index (χ2n) is 9.82. The predicted octanol–water partition coefficient (Wildman–Crippen LogP) is 5.14. The number of aromatic amines is 2. The van der Waals surface area contributed by atoms with Crippen molar-refractivity contribution in [2.24, 2.45) is 0 Å². The molecule has 0 radical (unpaired) electrons. The Bertz CT molecular complexity index is 1740. The molecular weight excluding hydrogens is 476 g/mol. The molecule has 190 valence electrons. The maximum absolute atomic E-state index is 6.02. The Kier molecular flexibility index (Phi) is 5.62. The van der Waals surface area contributed by atoms with Gasteiger partial charge in [-0.3, -0.25) is 15.0 Å². The summed E-state index contributed by atoms with van der Waals surface area (Å²) in [6.07, 6.45) is 10.0. The van der Waals surface area contributed by atoms with Crippen molar-refractivity contribution in [3.05, 3.63) is 73.1 Å². The molecule has 0 aliphatic carbocycles. The van der Waals surface area contributed by atoms with Gasteiger partial charge in [-0.1, -0.05) is 6.07 Å². The van der Waals surface area contributed by atoms with Gasteiger partial charge in [0.15, 0.2) is 0 Å². The normalized spacial score (nSPS) is 14.1. The van der Waals surface area contributed by atoms with Crippen LogP contribution >= 0.6 is 0 Å². The SMILES string of the molecule is Cc1cn(-c2cccc3[nH]c(-c4n[nH]c5ccc(-c6cncc(OCCN7CCCC7)c6)nc45)cc23)cn1. The number of fused-ring (bicyclic) bond motifs is 2. The fourth-order valence-electron chi connectivity index (χ4n) is 5.23. The van der Waals surface area contributed by atoms with Crippen molar-refractivity contribution in [2.45, 2.75) is 19.8 Å². The van der Waals surface area contributed by atoms with Crippen LogP contribution in [0.15, 0.2) is 67.4 Å². The molecule has 0 amide bonds. The monoisotopic (exact) mass is 504 g/mol. The fraction of sp³-hybridized carbons (Fsp3) is 0.241. The third-order valence-corrected chi connectivity index (χ3v) is 7.18. The maximum Gasteiger partial charge on any atom is 0.138 e. The van der Waals surface area contributed by atoms with Crippen LogP contribution in [0.25, 0.3) is 50.3 Å². The third kappa shape index (κ3) is 4.20. The number of ether oxygens (including phenoxy) is 1. The summed E-state index contributed by atoms with van der Waals surface area (Å²) in [5, 5.41) is 8.84. The van der Waals surface area contributed by atoms with E-state index in [4.69, 9.17) is 9.72 Å². The summed E-state index contributed by atoms with van der Waals surface area (Å²) in [5.74, 6) is 0.758. The molecule has 2 N–H and O–H groups in total. The van der Waals surface area contributed by atoms with Gasteiger partial charge in [-0.2, -0.15) is 5.10 Å². The van der Waals surface area contributed by atoms with E-state index in [1.807, 2.05) is 54.5 Å². The number of hydrogen-bond acceptors (Lipinski definition) is 6. The minimum Gasteiger partial charge on any atom is -0.491 e. The summed E-state index contributed by atoms with van der Waals surface area (Å²) in [6.45, 7) is 5.92. The number of imidazole rings is 1. The number of pyridine rings is 2. The van der Waals surface area contributed by atoms with E-state index in [0.717, 1.165) is 68.3 Å². The molecule has 1 fully saturated rings. The molecule has 6 aromatic rings. The van der Waals surface area contributed by atoms with Crippen molar-refractivity contribution in [3.63, 3.8) is 0 Å². The predicted molar refractivity (Wildman–Crippen MR) is 147 cm³/mol. The van der Waals surface area contributed by atoms with E-state index in [1.165, 1.54) is 25.9 Å². The smallest absolute Gasteiger partial charge is 0.138 e. The summed E-state index contributed by atoms with van der Waals surface area (Å²) < 4.78 is 8.06. The molecule has 1 aliphatic heterocycles. The number of aromatic nitrogens is 7. The standard InChI is InChI=1S/C29H28N8O/c1-19-17-37(18-31-19)27-6-4-5-24-22(27)14-26(32-24)29-28-25(34-35-29)8-7-23(33-28)20-13-21(16-30-15-20)38-12-11-36-9-2-3-10-36/h4-8,13-18,32H,2-3,9-12H2,1H3,(H,34,35). The molecule has 5 aromatic heterocycles. The molecule has 0 spiro atoms. The van der Waals surface area contributed by atoms with Crippen LogP contribution in [0.5, 0.6) is 5.75 Å². The fourth-order valence-corrected chi connectivity index (χ4v) is 5.23. The van der Waals surface area contributed by atoms with Gasteiger partial charge < -0.3 is 14.3 Å². The molecule has 6 heterocycles. The first-order valence-electron chi connectivity index (χ1n) is 13.0. The average Bonchev–Trinajstić information content (AvgIpc) is 3.74. The average molecular weight is 505 g/mol. The van der Waals surface area contributed by atoms with Gasteiger partial charge in [0.2, 0.25) is 0 Å². The lowest BCUT2D eigenvalue weighted by Crippen LogP contribution is -2.25. The summed E-state index contributed by atoms with van der Waals surface area (Å²) in [4.78, 5) is 19.8. The van der Waals surface area contributed by atoms with E-state index in [0.29, 0.717) is 6.61 Å². The van der Waals surface area contributed by atoms with Crippen LogP contribution in [0, 0.1) is 6.92 Å². The largest absolute Gasteiger partial charge is 0.491 e. The third-order valence-electron chi connectivity index (χ3n) is 7.18. The summed E-state index contributed by atoms with van der Waals surface area (Å²) in [5.41, 5.74) is 8.15. The lowest BCUT2D eigenvalue weighted by atomic mass is 10.1. The van der Waals surface area contributed by atoms with Crippen molar-refractivity contribution in [3.8, 4) is 34.1 Å². The quantitative estimate of drug-likeness (QED) is 0.312. The number of aryl methyl sites for hydroxylation is 1. The Morgan fingerprint density at radius 3 is 2.82 bits per heavy atom. The number of likely N-dealkylation sites (tertiary alicyclic amines) is 1. The van der Waals surface area contributed by atoms with Gasteiger partial charge in [-0.15, -0.1) is 0 Å². The first-order chi connectivity index (χ1) is 18.7. The van der Waals surface area contributed by atoms with E-state index in [1.54, 1.807) is 6.20 Å². The Labute approximate surface area is 219 Å². The van der Waals surface area contributed by atoms with Crippen molar-refractivity contribution in [1.82, 2.24) is 39.6 Å². The van der Waals surface area contributed by atoms with Gasteiger partial charge in [0, 0.05) is 35.4 Å². The zero-order valence-corrected chi connectivity index (χ0v) is 21.2. The Balaban J connectivity index is 1.20.